The number of hydrogen-bond acceptors (Lipinski definition) is 5. The van der Waals surface area contributed by atoms with Crippen LogP contribution in [-0.2, 0) is 19.0 Å². The van der Waals surface area contributed by atoms with Crippen molar-refractivity contribution < 1.29 is 22.1 Å². The standard InChI is InChI=1S/C16H33NO5S/c1-16(2,3)22-15(18)17(4)13-11-9-7-6-8-10-12-14-21-23(5,19)20/h6-14H2,1-5H3. The van der Waals surface area contributed by atoms with Crippen molar-refractivity contribution in [3.63, 3.8) is 0 Å². The molecule has 0 aromatic carbocycles. The first-order valence-corrected chi connectivity index (χ1v) is 10.1. The second kappa shape index (κ2) is 10.9. The van der Waals surface area contributed by atoms with Crippen LogP contribution in [0.15, 0.2) is 0 Å². The van der Waals surface area contributed by atoms with Crippen LogP contribution in [0.4, 0.5) is 4.79 Å². The van der Waals surface area contributed by atoms with Crippen molar-refractivity contribution in [1.82, 2.24) is 4.90 Å². The van der Waals surface area contributed by atoms with Gasteiger partial charge in [-0.25, -0.2) is 4.79 Å². The van der Waals surface area contributed by atoms with Gasteiger partial charge in [0.15, 0.2) is 0 Å². The maximum Gasteiger partial charge on any atom is 0.410 e. The largest absolute Gasteiger partial charge is 0.444 e. The monoisotopic (exact) mass is 351 g/mol. The maximum atomic E-state index is 11.7. The summed E-state index contributed by atoms with van der Waals surface area (Å²) in [6, 6.07) is 0. The Morgan fingerprint density at radius 1 is 0.957 bits per heavy atom. The van der Waals surface area contributed by atoms with Crippen LogP contribution in [0.3, 0.4) is 0 Å². The highest BCUT2D eigenvalue weighted by Gasteiger charge is 2.18. The topological polar surface area (TPSA) is 72.9 Å². The SMILES string of the molecule is CN(CCCCCCCCCOS(C)(=O)=O)C(=O)OC(C)(C)C. The number of ether oxygens (including phenoxy) is 1. The smallest absolute Gasteiger partial charge is 0.410 e. The highest BCUT2D eigenvalue weighted by atomic mass is 32.2. The number of rotatable bonds is 11. The molecule has 0 rings (SSSR count). The quantitative estimate of drug-likeness (QED) is 0.420. The molecule has 0 aromatic heterocycles. The Bertz CT molecular complexity index is 428. The molecule has 1 amide bonds. The molecule has 0 bridgehead atoms. The van der Waals surface area contributed by atoms with Crippen LogP contribution in [-0.4, -0.2) is 51.5 Å². The molecule has 0 aliphatic heterocycles. The lowest BCUT2D eigenvalue weighted by Crippen LogP contribution is -2.34. The summed E-state index contributed by atoms with van der Waals surface area (Å²) in [6.45, 7) is 6.57. The summed E-state index contributed by atoms with van der Waals surface area (Å²) in [5, 5.41) is 0. The molecule has 0 radical (unpaired) electrons. The fraction of sp³-hybridized carbons (Fsp3) is 0.938. The van der Waals surface area contributed by atoms with Crippen LogP contribution >= 0.6 is 0 Å². The summed E-state index contributed by atoms with van der Waals surface area (Å²) >= 11 is 0. The van der Waals surface area contributed by atoms with Gasteiger partial charge in [-0.05, 0) is 33.6 Å². The lowest BCUT2D eigenvalue weighted by Gasteiger charge is -2.24. The Balaban J connectivity index is 3.47. The second-order valence-corrected chi connectivity index (χ2v) is 8.55. The van der Waals surface area contributed by atoms with Crippen molar-refractivity contribution in [2.45, 2.75) is 71.3 Å². The Hall–Kier alpha value is -0.820. The Kier molecular flexibility index (Phi) is 10.5. The van der Waals surface area contributed by atoms with Gasteiger partial charge in [0.25, 0.3) is 10.1 Å². The molecule has 0 saturated heterocycles. The number of nitrogens with zero attached hydrogens (tertiary/aromatic N) is 1. The number of hydrogen-bond donors (Lipinski definition) is 0. The molecular formula is C16H33NO5S. The summed E-state index contributed by atoms with van der Waals surface area (Å²) in [4.78, 5) is 13.4. The molecule has 23 heavy (non-hydrogen) atoms. The number of unbranched alkanes of at least 4 members (excludes halogenated alkanes) is 6. The van der Waals surface area contributed by atoms with Gasteiger partial charge in [-0.1, -0.05) is 32.1 Å². The van der Waals surface area contributed by atoms with Crippen molar-refractivity contribution in [2.24, 2.45) is 0 Å². The summed E-state index contributed by atoms with van der Waals surface area (Å²) in [5.74, 6) is 0. The van der Waals surface area contributed by atoms with E-state index in [9.17, 15) is 13.2 Å². The zero-order valence-electron chi connectivity index (χ0n) is 15.3. The van der Waals surface area contributed by atoms with Crippen LogP contribution in [0.1, 0.15) is 65.7 Å². The second-order valence-electron chi connectivity index (χ2n) is 6.90. The third kappa shape index (κ3) is 15.8. The first kappa shape index (κ1) is 22.2. The van der Waals surface area contributed by atoms with E-state index in [2.05, 4.69) is 4.18 Å². The van der Waals surface area contributed by atoms with Gasteiger partial charge in [-0.2, -0.15) is 8.42 Å². The zero-order valence-corrected chi connectivity index (χ0v) is 16.1. The molecule has 0 aromatic rings. The molecule has 0 N–H and O–H groups in total. The van der Waals surface area contributed by atoms with Gasteiger partial charge < -0.3 is 9.64 Å². The Morgan fingerprint density at radius 3 is 1.91 bits per heavy atom. The summed E-state index contributed by atoms with van der Waals surface area (Å²) in [6.07, 6.45) is 7.91. The van der Waals surface area contributed by atoms with Gasteiger partial charge in [0.05, 0.1) is 12.9 Å². The molecule has 0 saturated carbocycles. The van der Waals surface area contributed by atoms with Gasteiger partial charge in [-0.3, -0.25) is 4.18 Å². The minimum Gasteiger partial charge on any atom is -0.444 e. The molecule has 0 spiro atoms. The minimum atomic E-state index is -3.30. The van der Waals surface area contributed by atoms with Crippen molar-refractivity contribution >= 4 is 16.2 Å². The number of carbonyl (C=O) groups is 1. The fourth-order valence-electron chi connectivity index (χ4n) is 1.98. The predicted octanol–water partition coefficient (Wildman–Crippen LogP) is 3.56. The highest BCUT2D eigenvalue weighted by Crippen LogP contribution is 2.11. The maximum absolute atomic E-state index is 11.7. The first-order valence-electron chi connectivity index (χ1n) is 8.30. The van der Waals surface area contributed by atoms with E-state index >= 15 is 0 Å². The lowest BCUT2D eigenvalue weighted by atomic mass is 10.1. The van der Waals surface area contributed by atoms with Crippen molar-refractivity contribution in [1.29, 1.82) is 0 Å². The first-order chi connectivity index (χ1) is 10.5. The van der Waals surface area contributed by atoms with Gasteiger partial charge >= 0.3 is 6.09 Å². The molecular weight excluding hydrogens is 318 g/mol. The fourth-order valence-corrected chi connectivity index (χ4v) is 2.40. The van der Waals surface area contributed by atoms with Gasteiger partial charge in [0.2, 0.25) is 0 Å². The Morgan fingerprint density at radius 2 is 1.43 bits per heavy atom. The summed E-state index contributed by atoms with van der Waals surface area (Å²) in [5.41, 5.74) is -0.452. The van der Waals surface area contributed by atoms with E-state index in [1.165, 1.54) is 0 Å². The van der Waals surface area contributed by atoms with E-state index in [-0.39, 0.29) is 12.7 Å². The number of amides is 1. The molecule has 0 atom stereocenters. The van der Waals surface area contributed by atoms with E-state index in [0.29, 0.717) is 6.54 Å². The molecule has 138 valence electrons. The van der Waals surface area contributed by atoms with Crippen LogP contribution in [0, 0.1) is 0 Å². The molecule has 6 nitrogen and oxygen atoms in total. The average molecular weight is 352 g/mol. The summed E-state index contributed by atoms with van der Waals surface area (Å²) in [7, 11) is -1.54. The van der Waals surface area contributed by atoms with E-state index in [4.69, 9.17) is 4.74 Å². The normalized spacial score (nSPS) is 12.2. The Labute approximate surface area is 141 Å². The van der Waals surface area contributed by atoms with E-state index in [1.54, 1.807) is 11.9 Å². The van der Waals surface area contributed by atoms with Crippen LogP contribution in [0.25, 0.3) is 0 Å². The van der Waals surface area contributed by atoms with Crippen molar-refractivity contribution in [2.75, 3.05) is 26.5 Å². The third-order valence-electron chi connectivity index (χ3n) is 3.14. The van der Waals surface area contributed by atoms with Gasteiger partial charge in [-0.15, -0.1) is 0 Å². The predicted molar refractivity (Wildman–Crippen MR) is 92.0 cm³/mol. The molecule has 7 heteroatoms. The zero-order chi connectivity index (χ0) is 17.9. The van der Waals surface area contributed by atoms with E-state index in [0.717, 1.165) is 51.2 Å². The van der Waals surface area contributed by atoms with Gasteiger partial charge in [0, 0.05) is 13.6 Å². The van der Waals surface area contributed by atoms with Crippen LogP contribution < -0.4 is 0 Å². The molecule has 0 aliphatic carbocycles. The van der Waals surface area contributed by atoms with E-state index in [1.807, 2.05) is 20.8 Å². The van der Waals surface area contributed by atoms with Crippen LogP contribution in [0.5, 0.6) is 0 Å². The highest BCUT2D eigenvalue weighted by molar-refractivity contribution is 7.85. The van der Waals surface area contributed by atoms with E-state index < -0.39 is 15.7 Å². The number of carbonyl (C=O) groups excluding carboxylic acids is 1. The third-order valence-corrected chi connectivity index (χ3v) is 3.74. The minimum absolute atomic E-state index is 0.275. The molecule has 0 aliphatic rings. The summed E-state index contributed by atoms with van der Waals surface area (Å²) < 4.78 is 31.5. The van der Waals surface area contributed by atoms with Crippen molar-refractivity contribution in [3.8, 4) is 0 Å². The van der Waals surface area contributed by atoms with Crippen molar-refractivity contribution in [3.05, 3.63) is 0 Å². The lowest BCUT2D eigenvalue weighted by molar-refractivity contribution is 0.0296. The molecule has 0 heterocycles. The molecule has 0 unspecified atom stereocenters. The van der Waals surface area contributed by atoms with Crippen LogP contribution in [0.2, 0.25) is 0 Å². The average Bonchev–Trinajstić information content (AvgIpc) is 2.37. The molecule has 0 fully saturated rings. The van der Waals surface area contributed by atoms with Gasteiger partial charge in [0.1, 0.15) is 5.60 Å².